The number of hydrogen-bond donors (Lipinski definition) is 0. The molecular formula is C16H15FN2O4S2. The molecule has 9 heteroatoms. The molecular weight excluding hydrogens is 367 g/mol. The largest absolute Gasteiger partial charge is 0.486 e. The number of halogens is 1. The van der Waals surface area contributed by atoms with Crippen LogP contribution in [0, 0.1) is 12.7 Å². The van der Waals surface area contributed by atoms with Gasteiger partial charge in [0.25, 0.3) is 0 Å². The molecule has 132 valence electrons. The molecule has 0 N–H and O–H groups in total. The third-order valence-corrected chi connectivity index (χ3v) is 5.53. The Morgan fingerprint density at radius 3 is 2.60 bits per heavy atom. The van der Waals surface area contributed by atoms with Crippen LogP contribution in [0.1, 0.15) is 22.2 Å². The van der Waals surface area contributed by atoms with Crippen molar-refractivity contribution in [2.75, 3.05) is 0 Å². The van der Waals surface area contributed by atoms with Crippen molar-refractivity contribution >= 4 is 21.2 Å². The first-order valence-corrected chi connectivity index (χ1v) is 10.0. The first-order chi connectivity index (χ1) is 11.9. The zero-order chi connectivity index (χ0) is 17.9. The highest BCUT2D eigenvalue weighted by Gasteiger charge is 2.18. The molecule has 1 aromatic carbocycles. The molecule has 6 nitrogen and oxygen atoms in total. The van der Waals surface area contributed by atoms with Crippen molar-refractivity contribution in [3.8, 4) is 5.75 Å². The van der Waals surface area contributed by atoms with Gasteiger partial charge in [-0.2, -0.15) is 0 Å². The number of sulfone groups is 1. The smallest absolute Gasteiger partial charge is 0.161 e. The molecule has 0 aliphatic carbocycles. The van der Waals surface area contributed by atoms with E-state index in [9.17, 15) is 12.8 Å². The Hall–Kier alpha value is -2.26. The summed E-state index contributed by atoms with van der Waals surface area (Å²) in [5.41, 5.74) is 0.843. The Labute approximate surface area is 148 Å². The summed E-state index contributed by atoms with van der Waals surface area (Å²) in [5.74, 6) is 0.387. The molecule has 3 rings (SSSR count). The zero-order valence-electron chi connectivity index (χ0n) is 13.3. The molecule has 2 heterocycles. The second-order valence-corrected chi connectivity index (χ2v) is 8.44. The highest BCUT2D eigenvalue weighted by atomic mass is 32.2. The van der Waals surface area contributed by atoms with Crippen LogP contribution >= 0.6 is 11.3 Å². The van der Waals surface area contributed by atoms with Gasteiger partial charge in [0.15, 0.2) is 9.84 Å². The lowest BCUT2D eigenvalue weighted by Crippen LogP contribution is -2.08. The number of hydrogen-bond acceptors (Lipinski definition) is 7. The molecule has 0 bridgehead atoms. The minimum Gasteiger partial charge on any atom is -0.486 e. The van der Waals surface area contributed by atoms with E-state index in [0.717, 1.165) is 0 Å². The van der Waals surface area contributed by atoms with Crippen LogP contribution in [0.25, 0.3) is 0 Å². The molecule has 0 amide bonds. The SMILES string of the molecule is Cc1cc(CS(=O)(=O)Cc2csc(COc3ccc(F)cc3)n2)no1. The average Bonchev–Trinajstić information content (AvgIpc) is 3.15. The standard InChI is InChI=1S/C16H15FN2O4S2/c1-11-6-13(19-23-11)9-25(20,21)10-14-8-24-16(18-14)7-22-15-4-2-12(17)3-5-15/h2-6,8H,7,9-10H2,1H3. The Morgan fingerprint density at radius 2 is 1.92 bits per heavy atom. The quantitative estimate of drug-likeness (QED) is 0.624. The Bertz CT molecular complexity index is 949. The average molecular weight is 382 g/mol. The van der Waals surface area contributed by atoms with Crippen molar-refractivity contribution in [1.29, 1.82) is 0 Å². The molecule has 0 spiro atoms. The van der Waals surface area contributed by atoms with E-state index >= 15 is 0 Å². The molecule has 0 fully saturated rings. The van der Waals surface area contributed by atoms with Crippen molar-refractivity contribution in [1.82, 2.24) is 10.1 Å². The maximum Gasteiger partial charge on any atom is 0.161 e. The summed E-state index contributed by atoms with van der Waals surface area (Å²) in [6.07, 6.45) is 0. The van der Waals surface area contributed by atoms with Crippen LogP contribution in [0.3, 0.4) is 0 Å². The topological polar surface area (TPSA) is 82.3 Å². The molecule has 0 radical (unpaired) electrons. The van der Waals surface area contributed by atoms with Crippen LogP contribution in [-0.2, 0) is 27.9 Å². The summed E-state index contributed by atoms with van der Waals surface area (Å²) < 4.78 is 47.6. The van der Waals surface area contributed by atoms with Crippen LogP contribution in [0.4, 0.5) is 4.39 Å². The fourth-order valence-electron chi connectivity index (χ4n) is 2.15. The van der Waals surface area contributed by atoms with E-state index in [-0.39, 0.29) is 23.9 Å². The first kappa shape index (κ1) is 17.6. The second-order valence-electron chi connectivity index (χ2n) is 5.44. The summed E-state index contributed by atoms with van der Waals surface area (Å²) in [5, 5.41) is 6.03. The van der Waals surface area contributed by atoms with Crippen LogP contribution in [0.2, 0.25) is 0 Å². The molecule has 0 saturated carbocycles. The van der Waals surface area contributed by atoms with Crippen molar-refractivity contribution in [2.45, 2.75) is 25.0 Å². The summed E-state index contributed by atoms with van der Waals surface area (Å²) >= 11 is 1.31. The highest BCUT2D eigenvalue weighted by molar-refractivity contribution is 7.89. The molecule has 0 atom stereocenters. The van der Waals surface area contributed by atoms with Crippen molar-refractivity contribution < 1.29 is 22.1 Å². The lowest BCUT2D eigenvalue weighted by atomic mass is 10.3. The fourth-order valence-corrected chi connectivity index (χ4v) is 4.24. The van der Waals surface area contributed by atoms with Gasteiger partial charge in [0, 0.05) is 11.4 Å². The van der Waals surface area contributed by atoms with Gasteiger partial charge in [-0.1, -0.05) is 5.16 Å². The van der Waals surface area contributed by atoms with Gasteiger partial charge in [-0.15, -0.1) is 11.3 Å². The molecule has 0 saturated heterocycles. The normalized spacial score (nSPS) is 11.6. The van der Waals surface area contributed by atoms with Gasteiger partial charge in [-0.05, 0) is 31.2 Å². The van der Waals surface area contributed by atoms with Crippen LogP contribution in [0.15, 0.2) is 40.2 Å². The minimum atomic E-state index is -3.39. The van der Waals surface area contributed by atoms with E-state index in [1.54, 1.807) is 18.4 Å². The van der Waals surface area contributed by atoms with E-state index in [0.29, 0.717) is 27.9 Å². The maximum absolute atomic E-state index is 12.8. The molecule has 0 aliphatic rings. The number of aromatic nitrogens is 2. The first-order valence-electron chi connectivity index (χ1n) is 7.34. The van der Waals surface area contributed by atoms with Crippen LogP contribution in [0.5, 0.6) is 5.75 Å². The Balaban J connectivity index is 1.58. The third-order valence-electron chi connectivity index (χ3n) is 3.19. The molecule has 2 aromatic heterocycles. The number of nitrogens with zero attached hydrogens (tertiary/aromatic N) is 2. The molecule has 25 heavy (non-hydrogen) atoms. The predicted octanol–water partition coefficient (Wildman–Crippen LogP) is 3.27. The van der Waals surface area contributed by atoms with E-state index in [4.69, 9.17) is 9.26 Å². The Morgan fingerprint density at radius 1 is 1.20 bits per heavy atom. The van der Waals surface area contributed by atoms with Gasteiger partial charge >= 0.3 is 0 Å². The maximum atomic E-state index is 12.8. The van der Waals surface area contributed by atoms with Crippen LogP contribution < -0.4 is 4.74 Å². The van der Waals surface area contributed by atoms with E-state index in [2.05, 4.69) is 10.1 Å². The molecule has 0 aliphatic heterocycles. The Kier molecular flexibility index (Phi) is 5.14. The van der Waals surface area contributed by atoms with Gasteiger partial charge in [-0.3, -0.25) is 0 Å². The van der Waals surface area contributed by atoms with Crippen molar-refractivity contribution in [2.24, 2.45) is 0 Å². The number of rotatable bonds is 7. The summed E-state index contributed by atoms with van der Waals surface area (Å²) in [4.78, 5) is 4.27. The van der Waals surface area contributed by atoms with E-state index in [1.807, 2.05) is 0 Å². The fraction of sp³-hybridized carbons (Fsp3) is 0.250. The number of thiazole rings is 1. The number of ether oxygens (including phenoxy) is 1. The lowest BCUT2D eigenvalue weighted by Gasteiger charge is -2.03. The number of aryl methyl sites for hydroxylation is 1. The zero-order valence-corrected chi connectivity index (χ0v) is 14.9. The minimum absolute atomic E-state index is 0.175. The van der Waals surface area contributed by atoms with Crippen LogP contribution in [-0.4, -0.2) is 18.6 Å². The van der Waals surface area contributed by atoms with Crippen molar-refractivity contribution in [3.05, 3.63) is 63.7 Å². The van der Waals surface area contributed by atoms with Gasteiger partial charge < -0.3 is 9.26 Å². The van der Waals surface area contributed by atoms with E-state index < -0.39 is 9.84 Å². The molecule has 0 unspecified atom stereocenters. The predicted molar refractivity (Wildman–Crippen MR) is 90.4 cm³/mol. The summed E-state index contributed by atoms with van der Waals surface area (Å²) in [7, 11) is -3.39. The monoisotopic (exact) mass is 382 g/mol. The van der Waals surface area contributed by atoms with Crippen molar-refractivity contribution in [3.63, 3.8) is 0 Å². The van der Waals surface area contributed by atoms with E-state index in [1.165, 1.54) is 35.6 Å². The van der Waals surface area contributed by atoms with Gasteiger partial charge in [0.05, 0.1) is 22.9 Å². The van der Waals surface area contributed by atoms with Gasteiger partial charge in [0.1, 0.15) is 28.9 Å². The summed E-state index contributed by atoms with van der Waals surface area (Å²) in [6.45, 7) is 1.90. The highest BCUT2D eigenvalue weighted by Crippen LogP contribution is 2.18. The number of benzene rings is 1. The molecule has 3 aromatic rings. The summed E-state index contributed by atoms with van der Waals surface area (Å²) in [6, 6.07) is 7.25. The van der Waals surface area contributed by atoms with Gasteiger partial charge in [0.2, 0.25) is 0 Å². The van der Waals surface area contributed by atoms with Gasteiger partial charge in [-0.25, -0.2) is 17.8 Å². The lowest BCUT2D eigenvalue weighted by molar-refractivity contribution is 0.305. The third kappa shape index (κ3) is 5.10. The second kappa shape index (κ2) is 7.32.